The van der Waals surface area contributed by atoms with Gasteiger partial charge < -0.3 is 9.13 Å². The molecule has 10 aromatic rings. The Labute approximate surface area is 294 Å². The van der Waals surface area contributed by atoms with Crippen LogP contribution >= 0.6 is 0 Å². The van der Waals surface area contributed by atoms with Crippen LogP contribution in [0.25, 0.3) is 94.3 Å². The van der Waals surface area contributed by atoms with E-state index in [4.69, 9.17) is 9.97 Å². The van der Waals surface area contributed by atoms with Gasteiger partial charge in [-0.15, -0.1) is 0 Å². The van der Waals surface area contributed by atoms with Crippen molar-refractivity contribution in [1.29, 1.82) is 0 Å². The topological polar surface area (TPSA) is 35.6 Å². The van der Waals surface area contributed by atoms with Crippen LogP contribution in [0.1, 0.15) is 24.0 Å². The summed E-state index contributed by atoms with van der Waals surface area (Å²) in [6.45, 7) is 6.52. The lowest BCUT2D eigenvalue weighted by molar-refractivity contribution is 1.10. The average molecular weight is 653 g/mol. The van der Waals surface area contributed by atoms with Crippen LogP contribution in [0.4, 0.5) is 0 Å². The first kappa shape index (κ1) is 29.2. The van der Waals surface area contributed by atoms with E-state index in [0.717, 1.165) is 60.9 Å². The van der Waals surface area contributed by atoms with Gasteiger partial charge in [0.15, 0.2) is 5.82 Å². The molecule has 0 aliphatic rings. The smallest absolute Gasteiger partial charge is 0.155 e. The molecule has 0 aliphatic carbocycles. The molecule has 7 aromatic carbocycles. The van der Waals surface area contributed by atoms with Crippen LogP contribution in [0.3, 0.4) is 0 Å². The molecule has 240 valence electrons. The van der Waals surface area contributed by atoms with Crippen molar-refractivity contribution >= 4 is 82.9 Å². The van der Waals surface area contributed by atoms with Crippen LogP contribution in [0, 0.1) is 0 Å². The van der Waals surface area contributed by atoms with Crippen LogP contribution < -0.4 is 0 Å². The lowest BCUT2D eigenvalue weighted by Crippen LogP contribution is -1.99. The minimum Gasteiger partial charge on any atom is -0.309 e. The lowest BCUT2D eigenvalue weighted by atomic mass is 9.98. The number of hydrogen-bond donors (Lipinski definition) is 0. The fraction of sp³-hybridized carbons (Fsp3) is 0.0213. The van der Waals surface area contributed by atoms with Crippen molar-refractivity contribution in [1.82, 2.24) is 19.1 Å². The summed E-state index contributed by atoms with van der Waals surface area (Å²) in [6.07, 6.45) is 6.24. The number of hydrogen-bond acceptors (Lipinski definition) is 2. The molecule has 51 heavy (non-hydrogen) atoms. The van der Waals surface area contributed by atoms with Gasteiger partial charge in [-0.05, 0) is 77.2 Å². The highest BCUT2D eigenvalue weighted by Crippen LogP contribution is 2.43. The van der Waals surface area contributed by atoms with Gasteiger partial charge in [0.2, 0.25) is 0 Å². The molecule has 0 saturated heterocycles. The van der Waals surface area contributed by atoms with E-state index in [0.29, 0.717) is 5.82 Å². The number of fused-ring (bicyclic) bond motifs is 11. The number of nitrogens with zero attached hydrogens (tertiary/aromatic N) is 4. The Kier molecular flexibility index (Phi) is 6.52. The third kappa shape index (κ3) is 4.33. The van der Waals surface area contributed by atoms with Gasteiger partial charge in [0, 0.05) is 50.1 Å². The van der Waals surface area contributed by atoms with E-state index in [-0.39, 0.29) is 0 Å². The molecule has 0 saturated carbocycles. The van der Waals surface area contributed by atoms with E-state index in [1.165, 1.54) is 32.4 Å². The Morgan fingerprint density at radius 3 is 1.73 bits per heavy atom. The monoisotopic (exact) mass is 652 g/mol. The fourth-order valence-electron chi connectivity index (χ4n) is 8.07. The Morgan fingerprint density at radius 1 is 0.529 bits per heavy atom. The van der Waals surface area contributed by atoms with Crippen molar-refractivity contribution in [2.24, 2.45) is 0 Å². The summed E-state index contributed by atoms with van der Waals surface area (Å²) in [5.41, 5.74) is 9.72. The zero-order chi connectivity index (χ0) is 34.1. The van der Waals surface area contributed by atoms with E-state index >= 15 is 0 Å². The van der Waals surface area contributed by atoms with Gasteiger partial charge in [0.05, 0.1) is 27.8 Å². The maximum Gasteiger partial charge on any atom is 0.155 e. The van der Waals surface area contributed by atoms with Crippen LogP contribution in [0.15, 0.2) is 158 Å². The van der Waals surface area contributed by atoms with Crippen LogP contribution in [-0.2, 0) is 0 Å². The SMILES string of the molecule is C=Cc1c(/C=C(\C)c2ncc3c4ccccc4c4ccccc4c3n2)n(-c2ccccc2)c2ccc3c(c4ccccc4n3-c3ccccc3)c12. The molecule has 0 aliphatic heterocycles. The Morgan fingerprint density at radius 2 is 1.06 bits per heavy atom. The number of allylic oxidation sites excluding steroid dienone is 1. The van der Waals surface area contributed by atoms with Crippen molar-refractivity contribution in [2.75, 3.05) is 0 Å². The number of aromatic nitrogens is 4. The van der Waals surface area contributed by atoms with E-state index in [1.807, 2.05) is 12.3 Å². The normalized spacial score (nSPS) is 12.2. The highest BCUT2D eigenvalue weighted by atomic mass is 15.0. The van der Waals surface area contributed by atoms with Gasteiger partial charge in [-0.25, -0.2) is 9.97 Å². The van der Waals surface area contributed by atoms with E-state index < -0.39 is 0 Å². The maximum atomic E-state index is 5.27. The lowest BCUT2D eigenvalue weighted by Gasteiger charge is -2.12. The van der Waals surface area contributed by atoms with Gasteiger partial charge in [0.25, 0.3) is 0 Å². The first-order chi connectivity index (χ1) is 25.2. The second-order valence-electron chi connectivity index (χ2n) is 13.1. The molecule has 3 heterocycles. The average Bonchev–Trinajstić information content (AvgIpc) is 3.70. The molecule has 4 heteroatoms. The number of para-hydroxylation sites is 3. The first-order valence-electron chi connectivity index (χ1n) is 17.3. The standard InChI is InChI=1S/C47H32N4/c1-3-33-43(28-30(2)47-48-29-39-36-22-11-10-20-34(36)35-21-12-13-23-37(35)46(39)49-47)51(32-18-8-5-9-19-32)41-26-27-42-45(44(33)41)38-24-14-15-25-40(38)50(42)31-16-6-4-7-17-31/h3-29H,1H2,2H3/b30-28+. The molecule has 10 rings (SSSR count). The van der Waals surface area contributed by atoms with Crippen LogP contribution in [0.2, 0.25) is 0 Å². The molecule has 3 aromatic heterocycles. The number of benzene rings is 7. The van der Waals surface area contributed by atoms with Crippen molar-refractivity contribution in [3.8, 4) is 11.4 Å². The summed E-state index contributed by atoms with van der Waals surface area (Å²) >= 11 is 0. The van der Waals surface area contributed by atoms with Crippen molar-refractivity contribution in [2.45, 2.75) is 6.92 Å². The minimum absolute atomic E-state index is 0.702. The number of rotatable bonds is 5. The van der Waals surface area contributed by atoms with E-state index in [1.54, 1.807) is 0 Å². The molecular weight excluding hydrogens is 621 g/mol. The van der Waals surface area contributed by atoms with Gasteiger partial charge in [-0.1, -0.05) is 116 Å². The van der Waals surface area contributed by atoms with Crippen LogP contribution in [-0.4, -0.2) is 19.1 Å². The molecular formula is C47H32N4. The quantitative estimate of drug-likeness (QED) is 0.173. The first-order valence-corrected chi connectivity index (χ1v) is 17.3. The highest BCUT2D eigenvalue weighted by molar-refractivity contribution is 6.25. The Bertz CT molecular complexity index is 3000. The summed E-state index contributed by atoms with van der Waals surface area (Å²) < 4.78 is 4.72. The van der Waals surface area contributed by atoms with E-state index in [2.05, 4.69) is 174 Å². The maximum absolute atomic E-state index is 5.27. The predicted molar refractivity (Wildman–Crippen MR) is 216 cm³/mol. The molecule has 0 radical (unpaired) electrons. The second-order valence-corrected chi connectivity index (χ2v) is 13.1. The Balaban J connectivity index is 1.28. The highest BCUT2D eigenvalue weighted by Gasteiger charge is 2.23. The third-order valence-electron chi connectivity index (χ3n) is 10.3. The molecule has 0 atom stereocenters. The zero-order valence-electron chi connectivity index (χ0n) is 28.1. The van der Waals surface area contributed by atoms with Gasteiger partial charge in [-0.2, -0.15) is 0 Å². The summed E-state index contributed by atoms with van der Waals surface area (Å²) in [7, 11) is 0. The van der Waals surface area contributed by atoms with Gasteiger partial charge >= 0.3 is 0 Å². The molecule has 0 fully saturated rings. The molecule has 0 bridgehead atoms. The largest absolute Gasteiger partial charge is 0.309 e. The van der Waals surface area contributed by atoms with Crippen molar-refractivity contribution < 1.29 is 0 Å². The van der Waals surface area contributed by atoms with Crippen LogP contribution in [0.5, 0.6) is 0 Å². The Hall–Kier alpha value is -6.78. The fourth-order valence-corrected chi connectivity index (χ4v) is 8.07. The van der Waals surface area contributed by atoms with Gasteiger partial charge in [0.1, 0.15) is 0 Å². The van der Waals surface area contributed by atoms with Crippen molar-refractivity contribution in [3.05, 3.63) is 175 Å². The predicted octanol–water partition coefficient (Wildman–Crippen LogP) is 12.2. The van der Waals surface area contributed by atoms with E-state index in [9.17, 15) is 0 Å². The molecule has 0 unspecified atom stereocenters. The molecule has 0 N–H and O–H groups in total. The zero-order valence-corrected chi connectivity index (χ0v) is 28.1. The van der Waals surface area contributed by atoms with Crippen molar-refractivity contribution in [3.63, 3.8) is 0 Å². The minimum atomic E-state index is 0.702. The summed E-state index contributed by atoms with van der Waals surface area (Å²) in [6, 6.07) is 51.5. The summed E-state index contributed by atoms with van der Waals surface area (Å²) in [4.78, 5) is 10.3. The second kappa shape index (κ2) is 11.4. The summed E-state index contributed by atoms with van der Waals surface area (Å²) in [5, 5.41) is 9.36. The third-order valence-corrected chi connectivity index (χ3v) is 10.3. The molecule has 0 spiro atoms. The van der Waals surface area contributed by atoms with Gasteiger partial charge in [-0.3, -0.25) is 0 Å². The molecule has 0 amide bonds. The molecule has 4 nitrogen and oxygen atoms in total. The summed E-state index contributed by atoms with van der Waals surface area (Å²) in [5.74, 6) is 0.702.